The number of carboxylic acids is 1. The number of halogens is 2. The monoisotopic (exact) mass is 576 g/mol. The molecular formula is C31H26Cl2N2O5. The average molecular weight is 577 g/mol. The van der Waals surface area contributed by atoms with E-state index in [0.717, 1.165) is 0 Å². The van der Waals surface area contributed by atoms with Crippen LogP contribution in [0.4, 0.5) is 5.69 Å². The summed E-state index contributed by atoms with van der Waals surface area (Å²) < 4.78 is 11.7. The Morgan fingerprint density at radius 3 is 2.23 bits per heavy atom. The lowest BCUT2D eigenvalue weighted by Gasteiger charge is -2.40. The fourth-order valence-corrected chi connectivity index (χ4v) is 5.63. The van der Waals surface area contributed by atoms with E-state index in [1.807, 2.05) is 30.3 Å². The summed E-state index contributed by atoms with van der Waals surface area (Å²) in [5.41, 5.74) is 0.750. The van der Waals surface area contributed by atoms with Crippen molar-refractivity contribution in [2.45, 2.75) is 18.2 Å². The highest BCUT2D eigenvalue weighted by molar-refractivity contribution is 6.36. The molecule has 1 aliphatic rings. The second-order valence-electron chi connectivity index (χ2n) is 9.21. The minimum Gasteiger partial charge on any atom is -0.493 e. The third-order valence-corrected chi connectivity index (χ3v) is 7.69. The van der Waals surface area contributed by atoms with Crippen LogP contribution < -0.4 is 19.7 Å². The van der Waals surface area contributed by atoms with Crippen LogP contribution in [0.2, 0.25) is 10.0 Å². The maximum absolute atomic E-state index is 13.7. The Balaban J connectivity index is 1.73. The molecule has 0 fully saturated rings. The van der Waals surface area contributed by atoms with E-state index in [1.54, 1.807) is 71.6 Å². The Bertz CT molecular complexity index is 1530. The smallest absolute Gasteiger partial charge is 0.347 e. The molecule has 7 nitrogen and oxygen atoms in total. The summed E-state index contributed by atoms with van der Waals surface area (Å²) in [5, 5.41) is 14.8. The van der Waals surface area contributed by atoms with Crippen LogP contribution in [0.25, 0.3) is 0 Å². The van der Waals surface area contributed by atoms with Crippen LogP contribution in [0.1, 0.15) is 16.7 Å². The van der Waals surface area contributed by atoms with Gasteiger partial charge in [0.2, 0.25) is 12.0 Å². The largest absolute Gasteiger partial charge is 0.493 e. The molecule has 0 bridgehead atoms. The highest BCUT2D eigenvalue weighted by Crippen LogP contribution is 2.44. The van der Waals surface area contributed by atoms with Crippen LogP contribution in [-0.2, 0) is 21.7 Å². The molecule has 0 unspecified atom stereocenters. The number of nitrogens with one attached hydrogen (secondary N) is 1. The van der Waals surface area contributed by atoms with Gasteiger partial charge in [0, 0.05) is 26.9 Å². The van der Waals surface area contributed by atoms with Gasteiger partial charge in [0.05, 0.1) is 20.2 Å². The normalized spacial score (nSPS) is 17.5. The number of methoxy groups -OCH3 is 1. The van der Waals surface area contributed by atoms with Crippen LogP contribution in [0, 0.1) is 0 Å². The lowest BCUT2D eigenvalue weighted by Crippen LogP contribution is -2.58. The van der Waals surface area contributed by atoms with E-state index in [-0.39, 0.29) is 24.7 Å². The van der Waals surface area contributed by atoms with Gasteiger partial charge in [-0.1, -0.05) is 89.9 Å². The number of anilines is 1. The number of aliphatic carboxylic acids is 1. The number of ether oxygens (including phenoxy) is 2. The Labute approximate surface area is 241 Å². The molecule has 0 spiro atoms. The summed E-state index contributed by atoms with van der Waals surface area (Å²) in [6.45, 7) is -0.100. The van der Waals surface area contributed by atoms with Crippen LogP contribution in [-0.4, -0.2) is 36.7 Å². The minimum absolute atomic E-state index is 0.0893. The molecule has 2 N–H and O–H groups in total. The Morgan fingerprint density at radius 1 is 0.925 bits per heavy atom. The van der Waals surface area contributed by atoms with Crippen molar-refractivity contribution >= 4 is 40.8 Å². The van der Waals surface area contributed by atoms with Gasteiger partial charge >= 0.3 is 5.97 Å². The second-order valence-corrected chi connectivity index (χ2v) is 10.0. The van der Waals surface area contributed by atoms with Crippen molar-refractivity contribution in [1.82, 2.24) is 5.32 Å². The van der Waals surface area contributed by atoms with Crippen molar-refractivity contribution in [2.75, 3.05) is 18.6 Å². The van der Waals surface area contributed by atoms with E-state index in [9.17, 15) is 14.7 Å². The van der Waals surface area contributed by atoms with E-state index < -0.39 is 17.6 Å². The zero-order chi connectivity index (χ0) is 28.3. The van der Waals surface area contributed by atoms with Crippen molar-refractivity contribution in [3.8, 4) is 11.5 Å². The molecule has 0 saturated carbocycles. The van der Waals surface area contributed by atoms with Gasteiger partial charge in [0.25, 0.3) is 0 Å². The lowest BCUT2D eigenvalue weighted by atomic mass is 9.77. The van der Waals surface area contributed by atoms with E-state index in [4.69, 9.17) is 32.7 Å². The zero-order valence-electron chi connectivity index (χ0n) is 21.5. The Hall–Kier alpha value is -4.04. The van der Waals surface area contributed by atoms with Gasteiger partial charge in [-0.25, -0.2) is 4.79 Å². The van der Waals surface area contributed by atoms with Gasteiger partial charge in [-0.05, 0) is 35.9 Å². The summed E-state index contributed by atoms with van der Waals surface area (Å²) in [7, 11) is 1.49. The maximum Gasteiger partial charge on any atom is 0.347 e. The second kappa shape index (κ2) is 11.6. The first-order chi connectivity index (χ1) is 19.4. The van der Waals surface area contributed by atoms with E-state index >= 15 is 0 Å². The summed E-state index contributed by atoms with van der Waals surface area (Å²) in [4.78, 5) is 28.4. The van der Waals surface area contributed by atoms with Crippen molar-refractivity contribution in [3.05, 3.63) is 124 Å². The van der Waals surface area contributed by atoms with Gasteiger partial charge in [0.1, 0.15) is 5.54 Å². The number of amides is 1. The molecule has 5 rings (SSSR count). The van der Waals surface area contributed by atoms with Gasteiger partial charge in [0.15, 0.2) is 11.5 Å². The summed E-state index contributed by atoms with van der Waals surface area (Å²) in [5.74, 6) is -0.887. The predicted molar refractivity (Wildman–Crippen MR) is 154 cm³/mol. The maximum atomic E-state index is 13.7. The Kier molecular flexibility index (Phi) is 7.98. The molecule has 1 heterocycles. The number of hydrogen-bond acceptors (Lipinski definition) is 5. The van der Waals surface area contributed by atoms with Crippen molar-refractivity contribution in [2.24, 2.45) is 0 Å². The topological polar surface area (TPSA) is 88.1 Å². The number of carboxylic acid groups (broad SMARTS) is 1. The predicted octanol–water partition coefficient (Wildman–Crippen LogP) is 5.91. The molecular weight excluding hydrogens is 551 g/mol. The molecule has 4 aromatic rings. The number of rotatable bonds is 8. The molecule has 4 aromatic carbocycles. The molecule has 0 aliphatic carbocycles. The van der Waals surface area contributed by atoms with Crippen LogP contribution >= 0.6 is 23.2 Å². The van der Waals surface area contributed by atoms with Gasteiger partial charge in [-0.3, -0.25) is 10.1 Å². The molecule has 204 valence electrons. The quantitative estimate of drug-likeness (QED) is 0.271. The molecule has 0 radical (unpaired) electrons. The van der Waals surface area contributed by atoms with Crippen LogP contribution in [0.5, 0.6) is 11.5 Å². The van der Waals surface area contributed by atoms with Crippen molar-refractivity contribution in [3.63, 3.8) is 0 Å². The van der Waals surface area contributed by atoms with E-state index in [1.165, 1.54) is 7.11 Å². The molecule has 9 heteroatoms. The minimum atomic E-state index is -1.51. The third-order valence-electron chi connectivity index (χ3n) is 6.98. The van der Waals surface area contributed by atoms with Crippen LogP contribution in [0.15, 0.2) is 97.1 Å². The molecule has 2 atom stereocenters. The average Bonchev–Trinajstić information content (AvgIpc) is 3.09. The van der Waals surface area contributed by atoms with Crippen molar-refractivity contribution in [1.29, 1.82) is 0 Å². The summed E-state index contributed by atoms with van der Waals surface area (Å²) in [6, 6.07) is 28.3. The number of para-hydroxylation sites is 3. The number of carbonyl (C=O) groups excluding carboxylic acids is 1. The molecule has 1 aliphatic heterocycles. The number of hydrogen-bond donors (Lipinski definition) is 2. The van der Waals surface area contributed by atoms with Crippen molar-refractivity contribution < 1.29 is 24.2 Å². The first-order valence-corrected chi connectivity index (χ1v) is 13.3. The zero-order valence-corrected chi connectivity index (χ0v) is 23.0. The highest BCUT2D eigenvalue weighted by atomic mass is 35.5. The molecule has 40 heavy (non-hydrogen) atoms. The van der Waals surface area contributed by atoms with E-state index in [2.05, 4.69) is 5.32 Å². The fourth-order valence-electron chi connectivity index (χ4n) is 5.11. The first-order valence-electron chi connectivity index (χ1n) is 12.5. The van der Waals surface area contributed by atoms with Gasteiger partial charge in [-0.2, -0.15) is 0 Å². The number of fused-ring (bicyclic) bond motifs is 1. The first kappa shape index (κ1) is 27.5. The fraction of sp³-hybridized carbons (Fsp3) is 0.161. The summed E-state index contributed by atoms with van der Waals surface area (Å²) >= 11 is 13.0. The van der Waals surface area contributed by atoms with Gasteiger partial charge in [-0.15, -0.1) is 0 Å². The Morgan fingerprint density at radius 2 is 1.55 bits per heavy atom. The lowest BCUT2D eigenvalue weighted by molar-refractivity contribution is -0.149. The number of benzene rings is 4. The molecule has 1 amide bonds. The SMILES string of the molecule is COc1ccccc1O[C@H](C(=O)O)[C@@]1(c2ccccc2)NCC(=O)N(Cc2c(Cl)cccc2Cl)c2ccccc21. The number of carbonyl (C=O) groups is 2. The van der Waals surface area contributed by atoms with E-state index in [0.29, 0.717) is 38.2 Å². The third kappa shape index (κ3) is 4.99. The van der Waals surface area contributed by atoms with Crippen LogP contribution in [0.3, 0.4) is 0 Å². The highest BCUT2D eigenvalue weighted by Gasteiger charge is 2.52. The summed E-state index contributed by atoms with van der Waals surface area (Å²) in [6.07, 6.45) is -1.51. The molecule has 0 aromatic heterocycles. The standard InChI is InChI=1S/C31H26Cl2N2O5/c1-39-26-16-7-8-17-27(26)40-29(30(37)38)31(20-10-3-2-4-11-20)22-12-5-6-15-25(22)35(28(36)18-34-31)19-21-23(32)13-9-14-24(21)33/h2-17,29,34H,18-19H2,1H3,(H,37,38)/t29-,31+/m1/s1. The number of nitrogens with zero attached hydrogens (tertiary/aromatic N) is 1. The van der Waals surface area contributed by atoms with Gasteiger partial charge < -0.3 is 19.5 Å². The molecule has 0 saturated heterocycles.